The molecule has 1 rings (SSSR count). The van der Waals surface area contributed by atoms with Crippen LogP contribution in [0, 0.1) is 0 Å². The Balaban J connectivity index is 2.88. The predicted molar refractivity (Wildman–Crippen MR) is 63.5 cm³/mol. The SMILES string of the molecule is C=C(C)CC(F)(F)[C@@H](O)c1ccc(Br)cc1. The fourth-order valence-electron chi connectivity index (χ4n) is 1.39. The fourth-order valence-corrected chi connectivity index (χ4v) is 1.65. The Kier molecular flexibility index (Phi) is 4.21. The Labute approximate surface area is 102 Å². The van der Waals surface area contributed by atoms with E-state index < -0.39 is 18.4 Å². The first kappa shape index (κ1) is 13.3. The van der Waals surface area contributed by atoms with Crippen molar-refractivity contribution in [2.75, 3.05) is 0 Å². The van der Waals surface area contributed by atoms with Gasteiger partial charge in [-0.05, 0) is 24.6 Å². The van der Waals surface area contributed by atoms with Gasteiger partial charge in [-0.25, -0.2) is 8.78 Å². The fraction of sp³-hybridized carbons (Fsp3) is 0.333. The molecule has 4 heteroatoms. The number of allylic oxidation sites excluding steroid dienone is 1. The molecule has 0 unspecified atom stereocenters. The van der Waals surface area contributed by atoms with Crippen molar-refractivity contribution in [3.63, 3.8) is 0 Å². The van der Waals surface area contributed by atoms with Crippen LogP contribution in [0.5, 0.6) is 0 Å². The molecule has 0 saturated heterocycles. The summed E-state index contributed by atoms with van der Waals surface area (Å²) in [5.41, 5.74) is 0.551. The maximum Gasteiger partial charge on any atom is 0.281 e. The van der Waals surface area contributed by atoms with E-state index in [1.165, 1.54) is 19.1 Å². The van der Waals surface area contributed by atoms with Gasteiger partial charge in [-0.15, -0.1) is 0 Å². The second kappa shape index (κ2) is 5.06. The van der Waals surface area contributed by atoms with Gasteiger partial charge in [0.1, 0.15) is 6.10 Å². The van der Waals surface area contributed by atoms with Gasteiger partial charge in [0.2, 0.25) is 0 Å². The van der Waals surface area contributed by atoms with Crippen LogP contribution in [0.2, 0.25) is 0 Å². The van der Waals surface area contributed by atoms with Gasteiger partial charge in [0.05, 0.1) is 0 Å². The molecule has 1 aromatic carbocycles. The molecule has 0 heterocycles. The molecular formula is C12H13BrF2O. The zero-order chi connectivity index (χ0) is 12.3. The quantitative estimate of drug-likeness (QED) is 0.829. The van der Waals surface area contributed by atoms with Crippen molar-refractivity contribution < 1.29 is 13.9 Å². The van der Waals surface area contributed by atoms with E-state index in [1.54, 1.807) is 12.1 Å². The molecule has 16 heavy (non-hydrogen) atoms. The lowest BCUT2D eigenvalue weighted by Gasteiger charge is -2.23. The molecule has 0 spiro atoms. The van der Waals surface area contributed by atoms with E-state index in [4.69, 9.17) is 0 Å². The predicted octanol–water partition coefficient (Wildman–Crippen LogP) is 4.08. The molecule has 0 aromatic heterocycles. The summed E-state index contributed by atoms with van der Waals surface area (Å²) in [4.78, 5) is 0. The smallest absolute Gasteiger partial charge is 0.281 e. The summed E-state index contributed by atoms with van der Waals surface area (Å²) in [6, 6.07) is 6.19. The topological polar surface area (TPSA) is 20.2 Å². The van der Waals surface area contributed by atoms with Crippen molar-refractivity contribution in [3.8, 4) is 0 Å². The normalized spacial score (nSPS) is 13.6. The van der Waals surface area contributed by atoms with Crippen molar-refractivity contribution >= 4 is 15.9 Å². The highest BCUT2D eigenvalue weighted by molar-refractivity contribution is 9.10. The first-order chi connectivity index (χ1) is 7.33. The van der Waals surface area contributed by atoms with Gasteiger partial charge in [0.25, 0.3) is 5.92 Å². The zero-order valence-corrected chi connectivity index (χ0v) is 10.5. The molecule has 0 amide bonds. The molecular weight excluding hydrogens is 278 g/mol. The van der Waals surface area contributed by atoms with Crippen molar-refractivity contribution in [2.24, 2.45) is 0 Å². The minimum absolute atomic E-state index is 0.203. The second-order valence-corrected chi connectivity index (χ2v) is 4.76. The summed E-state index contributed by atoms with van der Waals surface area (Å²) in [7, 11) is 0. The molecule has 0 bridgehead atoms. The number of hydrogen-bond donors (Lipinski definition) is 1. The molecule has 0 aliphatic carbocycles. The zero-order valence-electron chi connectivity index (χ0n) is 8.88. The lowest BCUT2D eigenvalue weighted by atomic mass is 9.99. The molecule has 0 fully saturated rings. The minimum atomic E-state index is -3.18. The number of alkyl halides is 2. The molecule has 0 saturated carbocycles. The summed E-state index contributed by atoms with van der Waals surface area (Å²) in [6.45, 7) is 4.95. The van der Waals surface area contributed by atoms with Crippen LogP contribution in [0.4, 0.5) is 8.78 Å². The van der Waals surface area contributed by atoms with Crippen LogP contribution in [-0.2, 0) is 0 Å². The van der Waals surface area contributed by atoms with E-state index in [2.05, 4.69) is 22.5 Å². The minimum Gasteiger partial charge on any atom is -0.382 e. The maximum absolute atomic E-state index is 13.5. The lowest BCUT2D eigenvalue weighted by molar-refractivity contribution is -0.109. The van der Waals surface area contributed by atoms with E-state index in [0.717, 1.165) is 4.47 Å². The highest BCUT2D eigenvalue weighted by Gasteiger charge is 2.39. The first-order valence-electron chi connectivity index (χ1n) is 4.78. The highest BCUT2D eigenvalue weighted by atomic mass is 79.9. The van der Waals surface area contributed by atoms with Gasteiger partial charge >= 0.3 is 0 Å². The van der Waals surface area contributed by atoms with Gasteiger partial charge in [-0.2, -0.15) is 0 Å². The van der Waals surface area contributed by atoms with Crippen LogP contribution in [0.15, 0.2) is 40.9 Å². The maximum atomic E-state index is 13.5. The number of aliphatic hydroxyl groups is 1. The molecule has 1 N–H and O–H groups in total. The Morgan fingerprint density at radius 1 is 1.44 bits per heavy atom. The summed E-state index contributed by atoms with van der Waals surface area (Å²) in [6.07, 6.45) is -2.30. The number of benzene rings is 1. The summed E-state index contributed by atoms with van der Waals surface area (Å²) >= 11 is 3.20. The van der Waals surface area contributed by atoms with E-state index in [-0.39, 0.29) is 5.56 Å². The Morgan fingerprint density at radius 3 is 2.38 bits per heavy atom. The standard InChI is InChI=1S/C12H13BrF2O/c1-8(2)7-12(14,15)11(16)9-3-5-10(13)6-4-9/h3-6,11,16H,1,7H2,2H3/t11-/m0/s1. The van der Waals surface area contributed by atoms with Crippen LogP contribution in [0.25, 0.3) is 0 Å². The van der Waals surface area contributed by atoms with Crippen LogP contribution >= 0.6 is 15.9 Å². The van der Waals surface area contributed by atoms with E-state index in [1.807, 2.05) is 0 Å². The van der Waals surface area contributed by atoms with Crippen molar-refractivity contribution in [3.05, 3.63) is 46.5 Å². The average Bonchev–Trinajstić information content (AvgIpc) is 2.16. The van der Waals surface area contributed by atoms with E-state index >= 15 is 0 Å². The van der Waals surface area contributed by atoms with Crippen molar-refractivity contribution in [1.29, 1.82) is 0 Å². The van der Waals surface area contributed by atoms with Crippen LogP contribution in [0.1, 0.15) is 25.0 Å². The van der Waals surface area contributed by atoms with Crippen molar-refractivity contribution in [1.82, 2.24) is 0 Å². The van der Waals surface area contributed by atoms with E-state index in [0.29, 0.717) is 5.57 Å². The summed E-state index contributed by atoms with van der Waals surface area (Å²) < 4.78 is 27.8. The molecule has 1 nitrogen and oxygen atoms in total. The molecule has 1 aromatic rings. The molecule has 0 aliphatic rings. The highest BCUT2D eigenvalue weighted by Crippen LogP contribution is 2.36. The third kappa shape index (κ3) is 3.39. The molecule has 88 valence electrons. The number of hydrogen-bond acceptors (Lipinski definition) is 1. The summed E-state index contributed by atoms with van der Waals surface area (Å²) in [5.74, 6) is -3.18. The third-order valence-electron chi connectivity index (χ3n) is 2.12. The largest absolute Gasteiger partial charge is 0.382 e. The Morgan fingerprint density at radius 2 is 1.94 bits per heavy atom. The number of rotatable bonds is 4. The summed E-state index contributed by atoms with van der Waals surface area (Å²) in [5, 5.41) is 9.58. The second-order valence-electron chi connectivity index (χ2n) is 3.85. The monoisotopic (exact) mass is 290 g/mol. The van der Waals surface area contributed by atoms with Crippen LogP contribution in [0.3, 0.4) is 0 Å². The van der Waals surface area contributed by atoms with Gasteiger partial charge < -0.3 is 5.11 Å². The molecule has 0 aliphatic heterocycles. The number of aliphatic hydroxyl groups excluding tert-OH is 1. The van der Waals surface area contributed by atoms with E-state index in [9.17, 15) is 13.9 Å². The third-order valence-corrected chi connectivity index (χ3v) is 2.65. The first-order valence-corrected chi connectivity index (χ1v) is 5.58. The van der Waals surface area contributed by atoms with Gasteiger partial charge in [-0.1, -0.05) is 40.2 Å². The Hall–Kier alpha value is -0.740. The lowest BCUT2D eigenvalue weighted by Crippen LogP contribution is -2.26. The Bertz CT molecular complexity index is 373. The van der Waals surface area contributed by atoms with Crippen molar-refractivity contribution in [2.45, 2.75) is 25.4 Å². The van der Waals surface area contributed by atoms with Crippen LogP contribution < -0.4 is 0 Å². The number of halogens is 3. The molecule has 1 atom stereocenters. The van der Waals surface area contributed by atoms with Gasteiger partial charge in [0, 0.05) is 10.9 Å². The van der Waals surface area contributed by atoms with Gasteiger partial charge in [-0.3, -0.25) is 0 Å². The molecule has 0 radical (unpaired) electrons. The average molecular weight is 291 g/mol. The van der Waals surface area contributed by atoms with Crippen LogP contribution in [-0.4, -0.2) is 11.0 Å². The van der Waals surface area contributed by atoms with Gasteiger partial charge in [0.15, 0.2) is 0 Å².